The van der Waals surface area contributed by atoms with Crippen LogP contribution in [-0.2, 0) is 0 Å². The molecule has 0 amide bonds. The van der Waals surface area contributed by atoms with Gasteiger partial charge in [-0.25, -0.2) is 0 Å². The van der Waals surface area contributed by atoms with Crippen LogP contribution in [0.1, 0.15) is 26.7 Å². The van der Waals surface area contributed by atoms with Crippen molar-refractivity contribution in [1.82, 2.24) is 0 Å². The number of hydrogen-bond acceptors (Lipinski definition) is 3. The largest absolute Gasteiger partial charge is 0.494 e. The predicted molar refractivity (Wildman–Crippen MR) is 78.8 cm³/mol. The maximum atomic E-state index is 9.13. The first-order valence-corrected chi connectivity index (χ1v) is 7.31. The lowest BCUT2D eigenvalue weighted by Crippen LogP contribution is -2.20. The molecule has 0 aliphatic carbocycles. The van der Waals surface area contributed by atoms with E-state index in [1.54, 1.807) is 0 Å². The van der Waals surface area contributed by atoms with E-state index < -0.39 is 0 Å². The summed E-state index contributed by atoms with van der Waals surface area (Å²) in [7, 11) is 0. The minimum Gasteiger partial charge on any atom is -0.494 e. The zero-order valence-electron chi connectivity index (χ0n) is 12.0. The Morgan fingerprint density at radius 1 is 1.37 bits per heavy atom. The van der Waals surface area contributed by atoms with Crippen LogP contribution < -0.4 is 9.64 Å². The maximum Gasteiger partial charge on any atom is 0.119 e. The molecule has 1 N–H and O–H groups in total. The summed E-state index contributed by atoms with van der Waals surface area (Å²) in [6.45, 7) is 7.37. The van der Waals surface area contributed by atoms with Crippen LogP contribution >= 0.6 is 0 Å². The molecule has 3 heteroatoms. The van der Waals surface area contributed by atoms with Crippen LogP contribution in [0.5, 0.6) is 5.75 Å². The van der Waals surface area contributed by atoms with Gasteiger partial charge >= 0.3 is 0 Å². The van der Waals surface area contributed by atoms with Gasteiger partial charge < -0.3 is 14.7 Å². The summed E-state index contributed by atoms with van der Waals surface area (Å²) in [6, 6.07) is 8.37. The fourth-order valence-corrected chi connectivity index (χ4v) is 2.82. The first-order valence-electron chi connectivity index (χ1n) is 7.31. The molecule has 0 spiro atoms. The molecule has 0 bridgehead atoms. The molecule has 1 fully saturated rings. The topological polar surface area (TPSA) is 32.7 Å². The smallest absolute Gasteiger partial charge is 0.119 e. The number of nitrogens with zero attached hydrogens (tertiary/aromatic N) is 1. The lowest BCUT2D eigenvalue weighted by atomic mass is 9.96. The zero-order chi connectivity index (χ0) is 13.7. The van der Waals surface area contributed by atoms with Gasteiger partial charge in [-0.3, -0.25) is 0 Å². The van der Waals surface area contributed by atoms with Gasteiger partial charge in [-0.15, -0.1) is 0 Å². The first kappa shape index (κ1) is 14.2. The van der Waals surface area contributed by atoms with Crippen LogP contribution in [0.15, 0.2) is 24.3 Å². The third kappa shape index (κ3) is 3.87. The Balaban J connectivity index is 1.89. The molecule has 19 heavy (non-hydrogen) atoms. The van der Waals surface area contributed by atoms with E-state index in [1.807, 2.05) is 19.1 Å². The second-order valence-electron chi connectivity index (χ2n) is 5.55. The summed E-state index contributed by atoms with van der Waals surface area (Å²) in [5.74, 6) is 2.08. The molecule has 2 unspecified atom stereocenters. The molecule has 1 heterocycles. The lowest BCUT2D eigenvalue weighted by molar-refractivity contribution is 0.215. The number of aliphatic hydroxyl groups excluding tert-OH is 1. The highest BCUT2D eigenvalue weighted by Gasteiger charge is 2.23. The second-order valence-corrected chi connectivity index (χ2v) is 5.55. The van der Waals surface area contributed by atoms with Crippen molar-refractivity contribution in [3.8, 4) is 5.75 Å². The summed E-state index contributed by atoms with van der Waals surface area (Å²) in [4.78, 5) is 2.44. The molecule has 1 aliphatic rings. The molecule has 0 aromatic heterocycles. The summed E-state index contributed by atoms with van der Waals surface area (Å²) in [5.41, 5.74) is 1.28. The molecule has 1 aliphatic heterocycles. The first-order chi connectivity index (χ1) is 9.22. The molecule has 1 aromatic rings. The number of aliphatic hydroxyl groups is 1. The molecule has 2 rings (SSSR count). The highest BCUT2D eigenvalue weighted by molar-refractivity contribution is 5.49. The van der Waals surface area contributed by atoms with E-state index in [0.29, 0.717) is 25.0 Å². The molecular formula is C16H25NO2. The minimum atomic E-state index is 0.305. The number of rotatable bonds is 6. The molecule has 106 valence electrons. The van der Waals surface area contributed by atoms with Crippen LogP contribution in [0.25, 0.3) is 0 Å². The van der Waals surface area contributed by atoms with Gasteiger partial charge in [0.2, 0.25) is 0 Å². The van der Waals surface area contributed by atoms with Gasteiger partial charge in [-0.05, 0) is 55.9 Å². The van der Waals surface area contributed by atoms with Crippen molar-refractivity contribution in [2.75, 3.05) is 31.2 Å². The number of hydrogen-bond donors (Lipinski definition) is 1. The van der Waals surface area contributed by atoms with Crippen molar-refractivity contribution in [3.05, 3.63) is 24.3 Å². The molecule has 2 atom stereocenters. The Kier molecular flexibility index (Phi) is 5.08. The Bertz CT molecular complexity index is 377. The van der Waals surface area contributed by atoms with Gasteiger partial charge in [0.1, 0.15) is 5.75 Å². The predicted octanol–water partition coefficient (Wildman–Crippen LogP) is 2.93. The van der Waals surface area contributed by atoms with E-state index in [4.69, 9.17) is 9.84 Å². The Hall–Kier alpha value is -1.22. The van der Waals surface area contributed by atoms with Crippen LogP contribution in [0, 0.1) is 11.8 Å². The summed E-state index contributed by atoms with van der Waals surface area (Å²) in [5, 5.41) is 9.13. The Labute approximate surface area is 116 Å². The van der Waals surface area contributed by atoms with Gasteiger partial charge in [-0.1, -0.05) is 6.92 Å². The summed E-state index contributed by atoms with van der Waals surface area (Å²) in [6.07, 6.45) is 2.36. The fraction of sp³-hybridized carbons (Fsp3) is 0.625. The van der Waals surface area contributed by atoms with E-state index in [2.05, 4.69) is 24.0 Å². The van der Waals surface area contributed by atoms with E-state index in [1.165, 1.54) is 12.1 Å². The molecule has 3 nitrogen and oxygen atoms in total. The number of anilines is 1. The fourth-order valence-electron chi connectivity index (χ4n) is 2.82. The van der Waals surface area contributed by atoms with Crippen molar-refractivity contribution >= 4 is 5.69 Å². The summed E-state index contributed by atoms with van der Waals surface area (Å²) < 4.78 is 5.47. The van der Waals surface area contributed by atoms with Crippen LogP contribution in [0.2, 0.25) is 0 Å². The second kappa shape index (κ2) is 6.80. The molecule has 0 saturated carbocycles. The third-order valence-electron chi connectivity index (χ3n) is 3.85. The van der Waals surface area contributed by atoms with Crippen LogP contribution in [-0.4, -0.2) is 31.4 Å². The van der Waals surface area contributed by atoms with Gasteiger partial charge in [0, 0.05) is 25.4 Å². The van der Waals surface area contributed by atoms with Gasteiger partial charge in [0.25, 0.3) is 0 Å². The Morgan fingerprint density at radius 2 is 2.11 bits per heavy atom. The van der Waals surface area contributed by atoms with Crippen molar-refractivity contribution in [3.63, 3.8) is 0 Å². The average Bonchev–Trinajstić information content (AvgIpc) is 2.88. The lowest BCUT2D eigenvalue weighted by Gasteiger charge is -2.20. The van der Waals surface area contributed by atoms with E-state index in [0.717, 1.165) is 25.3 Å². The molecule has 1 saturated heterocycles. The normalized spacial score (nSPS) is 20.6. The van der Waals surface area contributed by atoms with E-state index in [-0.39, 0.29) is 0 Å². The van der Waals surface area contributed by atoms with Crippen LogP contribution in [0.4, 0.5) is 5.69 Å². The van der Waals surface area contributed by atoms with Gasteiger partial charge in [0.15, 0.2) is 0 Å². The number of ether oxygens (including phenoxy) is 1. The Morgan fingerprint density at radius 3 is 2.74 bits per heavy atom. The van der Waals surface area contributed by atoms with Crippen molar-refractivity contribution < 1.29 is 9.84 Å². The van der Waals surface area contributed by atoms with Crippen molar-refractivity contribution in [2.24, 2.45) is 11.8 Å². The average molecular weight is 263 g/mol. The van der Waals surface area contributed by atoms with Crippen molar-refractivity contribution in [1.29, 1.82) is 0 Å². The molecular weight excluding hydrogens is 238 g/mol. The van der Waals surface area contributed by atoms with Gasteiger partial charge in [-0.2, -0.15) is 0 Å². The molecule has 1 aromatic carbocycles. The maximum absolute atomic E-state index is 9.13. The van der Waals surface area contributed by atoms with E-state index >= 15 is 0 Å². The highest BCUT2D eigenvalue weighted by Crippen LogP contribution is 2.28. The summed E-state index contributed by atoms with van der Waals surface area (Å²) >= 11 is 0. The van der Waals surface area contributed by atoms with Gasteiger partial charge in [0.05, 0.1) is 6.61 Å². The minimum absolute atomic E-state index is 0.305. The molecule has 0 radical (unpaired) electrons. The zero-order valence-corrected chi connectivity index (χ0v) is 12.0. The number of benzene rings is 1. The quantitative estimate of drug-likeness (QED) is 0.856. The van der Waals surface area contributed by atoms with Crippen LogP contribution in [0.3, 0.4) is 0 Å². The SMILES string of the molecule is CCOc1ccc(N2CCC(CC(C)CO)C2)cc1. The third-order valence-corrected chi connectivity index (χ3v) is 3.85. The standard InChI is InChI=1S/C16H25NO2/c1-3-19-16-6-4-15(5-7-16)17-9-8-14(11-17)10-13(2)12-18/h4-7,13-14,18H,3,8-12H2,1-2H3. The monoisotopic (exact) mass is 263 g/mol. The van der Waals surface area contributed by atoms with Crippen molar-refractivity contribution in [2.45, 2.75) is 26.7 Å². The highest BCUT2D eigenvalue weighted by atomic mass is 16.5. The van der Waals surface area contributed by atoms with E-state index in [9.17, 15) is 0 Å².